The van der Waals surface area contributed by atoms with Crippen LogP contribution < -0.4 is 14.8 Å². The van der Waals surface area contributed by atoms with Crippen LogP contribution in [0.4, 0.5) is 0 Å². The quantitative estimate of drug-likeness (QED) is 0.789. The van der Waals surface area contributed by atoms with E-state index in [0.29, 0.717) is 17.7 Å². The monoisotopic (exact) mass is 283 g/mol. The summed E-state index contributed by atoms with van der Waals surface area (Å²) in [5.74, 6) is 1.47. The van der Waals surface area contributed by atoms with Gasteiger partial charge in [0.05, 0.1) is 6.61 Å². The molecule has 1 rings (SSSR count). The number of hydrogen-bond donors (Lipinski definition) is 1. The lowest BCUT2D eigenvalue weighted by atomic mass is 10.1. The number of hydrogen-bond acceptors (Lipinski definition) is 3. The zero-order valence-corrected chi connectivity index (χ0v) is 12.6. The Balaban J connectivity index is 2.92. The van der Waals surface area contributed by atoms with E-state index in [1.54, 1.807) is 0 Å². The number of nitrogens with one attached hydrogen (secondary N) is 1. The summed E-state index contributed by atoms with van der Waals surface area (Å²) in [5.41, 5.74) is 1.05. The highest BCUT2D eigenvalue weighted by Crippen LogP contribution is 2.32. The van der Waals surface area contributed by atoms with Crippen molar-refractivity contribution in [2.24, 2.45) is 0 Å². The van der Waals surface area contributed by atoms with E-state index in [1.807, 2.05) is 25.1 Å². The smallest absolute Gasteiger partial charge is 0.166 e. The molecule has 0 saturated carbocycles. The molecule has 1 aromatic rings. The molecule has 106 valence electrons. The van der Waals surface area contributed by atoms with E-state index in [2.05, 4.69) is 25.7 Å². The molecule has 4 heteroatoms. The van der Waals surface area contributed by atoms with Crippen LogP contribution in [0.2, 0.25) is 0 Å². The Morgan fingerprint density at radius 3 is 2.68 bits per heavy atom. The van der Waals surface area contributed by atoms with Crippen molar-refractivity contribution in [3.8, 4) is 11.5 Å². The van der Waals surface area contributed by atoms with Crippen molar-refractivity contribution in [2.45, 2.75) is 33.4 Å². The first-order chi connectivity index (χ1) is 9.04. The Morgan fingerprint density at radius 2 is 2.11 bits per heavy atom. The first-order valence-electron chi connectivity index (χ1n) is 6.48. The third kappa shape index (κ3) is 5.53. The topological polar surface area (TPSA) is 30.5 Å². The minimum atomic E-state index is 0.278. The van der Waals surface area contributed by atoms with Crippen LogP contribution in [-0.4, -0.2) is 19.3 Å². The Kier molecular flexibility index (Phi) is 6.74. The van der Waals surface area contributed by atoms with Gasteiger partial charge in [0.2, 0.25) is 0 Å². The number of rotatable bonds is 8. The number of halogens is 1. The van der Waals surface area contributed by atoms with Crippen molar-refractivity contribution in [3.05, 3.63) is 35.4 Å². The fourth-order valence-electron chi connectivity index (χ4n) is 1.60. The number of para-hydroxylation sites is 1. The third-order valence-electron chi connectivity index (χ3n) is 2.43. The number of benzene rings is 1. The van der Waals surface area contributed by atoms with Gasteiger partial charge in [0.25, 0.3) is 0 Å². The van der Waals surface area contributed by atoms with Gasteiger partial charge in [-0.15, -0.1) is 0 Å². The average Bonchev–Trinajstić information content (AvgIpc) is 2.35. The zero-order chi connectivity index (χ0) is 14.3. The van der Waals surface area contributed by atoms with Crippen LogP contribution in [0.15, 0.2) is 29.8 Å². The first-order valence-corrected chi connectivity index (χ1v) is 6.86. The Labute approximate surface area is 120 Å². The van der Waals surface area contributed by atoms with Crippen LogP contribution in [0.3, 0.4) is 0 Å². The van der Waals surface area contributed by atoms with E-state index in [-0.39, 0.29) is 6.61 Å². The molecule has 0 aromatic heterocycles. The molecule has 1 N–H and O–H groups in total. The highest BCUT2D eigenvalue weighted by atomic mass is 35.5. The maximum absolute atomic E-state index is 5.76. The maximum Gasteiger partial charge on any atom is 0.166 e. The molecule has 1 aromatic carbocycles. The van der Waals surface area contributed by atoms with E-state index in [4.69, 9.17) is 21.1 Å². The highest BCUT2D eigenvalue weighted by Gasteiger charge is 2.11. The van der Waals surface area contributed by atoms with Gasteiger partial charge in [-0.05, 0) is 13.0 Å². The van der Waals surface area contributed by atoms with Crippen LogP contribution >= 0.6 is 11.6 Å². The van der Waals surface area contributed by atoms with Crippen molar-refractivity contribution >= 4 is 11.6 Å². The molecule has 19 heavy (non-hydrogen) atoms. The Hall–Kier alpha value is -1.19. The minimum Gasteiger partial charge on any atom is -0.490 e. The van der Waals surface area contributed by atoms with Crippen molar-refractivity contribution in [1.82, 2.24) is 5.32 Å². The van der Waals surface area contributed by atoms with Gasteiger partial charge in [0.1, 0.15) is 6.61 Å². The van der Waals surface area contributed by atoms with Crippen molar-refractivity contribution in [2.75, 3.05) is 13.2 Å². The predicted octanol–water partition coefficient (Wildman–Crippen LogP) is 3.71. The second-order valence-corrected chi connectivity index (χ2v) is 5.05. The summed E-state index contributed by atoms with van der Waals surface area (Å²) in [5, 5.41) is 3.83. The molecule has 0 heterocycles. The molecule has 0 fully saturated rings. The fraction of sp³-hybridized carbons (Fsp3) is 0.467. The van der Waals surface area contributed by atoms with E-state index in [1.165, 1.54) is 0 Å². The molecule has 0 aliphatic carbocycles. The second-order valence-electron chi connectivity index (χ2n) is 4.52. The normalized spacial score (nSPS) is 10.6. The minimum absolute atomic E-state index is 0.278. The molecule has 0 amide bonds. The molecule has 0 unspecified atom stereocenters. The van der Waals surface area contributed by atoms with Gasteiger partial charge in [-0.1, -0.05) is 44.2 Å². The zero-order valence-electron chi connectivity index (χ0n) is 11.8. The lowest BCUT2D eigenvalue weighted by Crippen LogP contribution is -2.22. The van der Waals surface area contributed by atoms with Crippen LogP contribution in [0.25, 0.3) is 0 Å². The lowest BCUT2D eigenvalue weighted by molar-refractivity contribution is 0.292. The molecule has 0 spiro atoms. The van der Waals surface area contributed by atoms with Gasteiger partial charge in [-0.3, -0.25) is 0 Å². The molecule has 3 nitrogen and oxygen atoms in total. The van der Waals surface area contributed by atoms with Crippen LogP contribution in [0.1, 0.15) is 26.3 Å². The van der Waals surface area contributed by atoms with Crippen molar-refractivity contribution in [3.63, 3.8) is 0 Å². The summed E-state index contributed by atoms with van der Waals surface area (Å²) in [7, 11) is 0. The summed E-state index contributed by atoms with van der Waals surface area (Å²) >= 11 is 5.76. The summed E-state index contributed by atoms with van der Waals surface area (Å²) in [6.45, 7) is 11.4. The fourth-order valence-corrected chi connectivity index (χ4v) is 1.65. The average molecular weight is 284 g/mol. The van der Waals surface area contributed by atoms with E-state index in [0.717, 1.165) is 23.6 Å². The van der Waals surface area contributed by atoms with Gasteiger partial charge in [0.15, 0.2) is 11.5 Å². The van der Waals surface area contributed by atoms with Gasteiger partial charge < -0.3 is 14.8 Å². The van der Waals surface area contributed by atoms with E-state index in [9.17, 15) is 0 Å². The largest absolute Gasteiger partial charge is 0.490 e. The van der Waals surface area contributed by atoms with E-state index >= 15 is 0 Å². The SMILES string of the molecule is C=C(Cl)COc1c(CNC(C)C)cccc1OCC. The van der Waals surface area contributed by atoms with Crippen LogP contribution in [0.5, 0.6) is 11.5 Å². The summed E-state index contributed by atoms with van der Waals surface area (Å²) in [6.07, 6.45) is 0. The highest BCUT2D eigenvalue weighted by molar-refractivity contribution is 6.29. The predicted molar refractivity (Wildman–Crippen MR) is 80.1 cm³/mol. The molecule has 0 aliphatic heterocycles. The number of ether oxygens (including phenoxy) is 2. The molecule has 0 atom stereocenters. The lowest BCUT2D eigenvalue weighted by Gasteiger charge is -2.17. The van der Waals surface area contributed by atoms with Crippen molar-refractivity contribution in [1.29, 1.82) is 0 Å². The van der Waals surface area contributed by atoms with E-state index < -0.39 is 0 Å². The molecular weight excluding hydrogens is 262 g/mol. The molecule has 0 aliphatic rings. The third-order valence-corrected chi connectivity index (χ3v) is 2.54. The molecule has 0 radical (unpaired) electrons. The molecule has 0 bridgehead atoms. The first kappa shape index (κ1) is 15.9. The van der Waals surface area contributed by atoms with Crippen LogP contribution in [-0.2, 0) is 6.54 Å². The van der Waals surface area contributed by atoms with Gasteiger partial charge in [0, 0.05) is 23.2 Å². The Bertz CT molecular complexity index is 419. The van der Waals surface area contributed by atoms with Crippen molar-refractivity contribution < 1.29 is 9.47 Å². The van der Waals surface area contributed by atoms with Gasteiger partial charge >= 0.3 is 0 Å². The summed E-state index contributed by atoms with van der Waals surface area (Å²) in [4.78, 5) is 0. The van der Waals surface area contributed by atoms with Gasteiger partial charge in [-0.25, -0.2) is 0 Å². The van der Waals surface area contributed by atoms with Crippen LogP contribution in [0, 0.1) is 0 Å². The van der Waals surface area contributed by atoms with Gasteiger partial charge in [-0.2, -0.15) is 0 Å². The maximum atomic E-state index is 5.76. The summed E-state index contributed by atoms with van der Waals surface area (Å²) in [6, 6.07) is 6.29. The summed E-state index contributed by atoms with van der Waals surface area (Å²) < 4.78 is 11.3. The molecular formula is C15H22ClNO2. The second kappa shape index (κ2) is 8.08. The standard InChI is InChI=1S/C15H22ClNO2/c1-5-18-14-8-6-7-13(9-17-11(2)3)15(14)19-10-12(4)16/h6-8,11,17H,4-5,9-10H2,1-3H3. The molecule has 0 saturated heterocycles. The Morgan fingerprint density at radius 1 is 1.37 bits per heavy atom.